The Hall–Kier alpha value is -1.58. The number of hydrogen-bond donors (Lipinski definition) is 0. The van der Waals surface area contributed by atoms with Crippen LogP contribution in [0.3, 0.4) is 0 Å². The van der Waals surface area contributed by atoms with E-state index < -0.39 is 0 Å². The molecule has 0 aliphatic carbocycles. The highest BCUT2D eigenvalue weighted by molar-refractivity contribution is 5.83. The number of rotatable bonds is 3. The zero-order valence-electron chi connectivity index (χ0n) is 10.5. The van der Waals surface area contributed by atoms with E-state index in [1.54, 1.807) is 11.9 Å². The Bertz CT molecular complexity index is 400. The highest BCUT2D eigenvalue weighted by Gasteiger charge is 2.30. The molecule has 1 atom stereocenters. The van der Waals surface area contributed by atoms with Gasteiger partial charge in [0, 0.05) is 32.3 Å². The molecule has 0 N–H and O–H groups in total. The molecule has 1 amide bonds. The lowest BCUT2D eigenvalue weighted by Crippen LogP contribution is -2.29. The van der Waals surface area contributed by atoms with Gasteiger partial charge in [0.2, 0.25) is 5.88 Å². The van der Waals surface area contributed by atoms with Crippen LogP contribution in [0.5, 0.6) is 5.88 Å². The monoisotopic (exact) mass is 234 g/mol. The van der Waals surface area contributed by atoms with Gasteiger partial charge in [-0.15, -0.1) is 0 Å². The minimum Gasteiger partial charge on any atom is -0.464 e. The van der Waals surface area contributed by atoms with E-state index in [0.717, 1.165) is 13.0 Å². The summed E-state index contributed by atoms with van der Waals surface area (Å²) >= 11 is 0. The van der Waals surface area contributed by atoms with E-state index in [9.17, 15) is 4.79 Å². The molecule has 4 heteroatoms. The molecule has 1 saturated heterocycles. The standard InChI is InChI=1S/C13H18N2O2/c1-9(2)10-4-5-12(14-8-10)17-11-6-7-15(3)13(11)16/h4-5,8-9,11H,6-7H2,1-3H3. The molecule has 0 aromatic carbocycles. The maximum absolute atomic E-state index is 11.7. The normalized spacial score (nSPS) is 20.1. The van der Waals surface area contributed by atoms with Gasteiger partial charge in [0.05, 0.1) is 0 Å². The van der Waals surface area contributed by atoms with Gasteiger partial charge < -0.3 is 9.64 Å². The van der Waals surface area contributed by atoms with Crippen LogP contribution >= 0.6 is 0 Å². The Morgan fingerprint density at radius 3 is 2.71 bits per heavy atom. The molecular formula is C13H18N2O2. The number of carbonyl (C=O) groups is 1. The van der Waals surface area contributed by atoms with E-state index in [1.165, 1.54) is 5.56 Å². The average molecular weight is 234 g/mol. The van der Waals surface area contributed by atoms with Crippen molar-refractivity contribution in [3.63, 3.8) is 0 Å². The third kappa shape index (κ3) is 2.57. The number of ether oxygens (including phenoxy) is 1. The second-order valence-corrected chi connectivity index (χ2v) is 4.74. The van der Waals surface area contributed by atoms with Crippen LogP contribution in [-0.4, -0.2) is 35.5 Å². The molecule has 4 nitrogen and oxygen atoms in total. The van der Waals surface area contributed by atoms with Gasteiger partial charge in [0.1, 0.15) is 0 Å². The number of likely N-dealkylation sites (tertiary alicyclic amines) is 1. The molecule has 0 saturated carbocycles. The van der Waals surface area contributed by atoms with Crippen molar-refractivity contribution in [2.24, 2.45) is 0 Å². The van der Waals surface area contributed by atoms with Crippen LogP contribution in [0, 0.1) is 0 Å². The van der Waals surface area contributed by atoms with Gasteiger partial charge in [-0.05, 0) is 11.5 Å². The van der Waals surface area contributed by atoms with Gasteiger partial charge in [-0.1, -0.05) is 19.9 Å². The third-order valence-corrected chi connectivity index (χ3v) is 3.07. The van der Waals surface area contributed by atoms with E-state index >= 15 is 0 Å². The molecule has 0 radical (unpaired) electrons. The molecule has 17 heavy (non-hydrogen) atoms. The third-order valence-electron chi connectivity index (χ3n) is 3.07. The molecule has 1 unspecified atom stereocenters. The highest BCUT2D eigenvalue weighted by atomic mass is 16.5. The summed E-state index contributed by atoms with van der Waals surface area (Å²) in [4.78, 5) is 17.6. The van der Waals surface area contributed by atoms with Crippen molar-refractivity contribution < 1.29 is 9.53 Å². The van der Waals surface area contributed by atoms with Crippen molar-refractivity contribution >= 4 is 5.91 Å². The molecule has 0 spiro atoms. The van der Waals surface area contributed by atoms with E-state index in [-0.39, 0.29) is 12.0 Å². The SMILES string of the molecule is CC(C)c1ccc(OC2CCN(C)C2=O)nc1. The summed E-state index contributed by atoms with van der Waals surface area (Å²) < 4.78 is 5.59. The fraction of sp³-hybridized carbons (Fsp3) is 0.538. The van der Waals surface area contributed by atoms with Crippen LogP contribution in [-0.2, 0) is 4.79 Å². The van der Waals surface area contributed by atoms with Crippen molar-refractivity contribution in [3.05, 3.63) is 23.9 Å². The molecular weight excluding hydrogens is 216 g/mol. The lowest BCUT2D eigenvalue weighted by atomic mass is 10.1. The summed E-state index contributed by atoms with van der Waals surface area (Å²) in [6.07, 6.45) is 2.18. The summed E-state index contributed by atoms with van der Waals surface area (Å²) in [6.45, 7) is 4.99. The average Bonchev–Trinajstić information content (AvgIpc) is 2.62. The van der Waals surface area contributed by atoms with Gasteiger partial charge in [0.15, 0.2) is 6.10 Å². The van der Waals surface area contributed by atoms with E-state index in [0.29, 0.717) is 11.8 Å². The zero-order valence-corrected chi connectivity index (χ0v) is 10.5. The number of aromatic nitrogens is 1. The molecule has 1 aromatic rings. The Balaban J connectivity index is 2.02. The topological polar surface area (TPSA) is 42.4 Å². The summed E-state index contributed by atoms with van der Waals surface area (Å²) in [5.41, 5.74) is 1.17. The lowest BCUT2D eigenvalue weighted by Gasteiger charge is -2.12. The summed E-state index contributed by atoms with van der Waals surface area (Å²) in [7, 11) is 1.79. The van der Waals surface area contributed by atoms with Crippen LogP contribution in [0.1, 0.15) is 31.7 Å². The molecule has 2 heterocycles. The minimum absolute atomic E-state index is 0.0414. The Morgan fingerprint density at radius 1 is 1.47 bits per heavy atom. The molecule has 2 rings (SSSR count). The van der Waals surface area contributed by atoms with Gasteiger partial charge in [-0.2, -0.15) is 0 Å². The highest BCUT2D eigenvalue weighted by Crippen LogP contribution is 2.19. The first-order chi connectivity index (χ1) is 8.08. The summed E-state index contributed by atoms with van der Waals surface area (Å²) in [6, 6.07) is 3.83. The van der Waals surface area contributed by atoms with Crippen molar-refractivity contribution in [1.29, 1.82) is 0 Å². The van der Waals surface area contributed by atoms with Crippen molar-refractivity contribution in [2.75, 3.05) is 13.6 Å². The second-order valence-electron chi connectivity index (χ2n) is 4.74. The number of pyridine rings is 1. The zero-order chi connectivity index (χ0) is 12.4. The molecule has 1 aliphatic rings. The number of hydrogen-bond acceptors (Lipinski definition) is 3. The predicted octanol–water partition coefficient (Wildman–Crippen LogP) is 1.81. The van der Waals surface area contributed by atoms with Crippen LogP contribution in [0.4, 0.5) is 0 Å². The van der Waals surface area contributed by atoms with E-state index in [4.69, 9.17) is 4.74 Å². The van der Waals surface area contributed by atoms with Crippen molar-refractivity contribution in [3.8, 4) is 5.88 Å². The van der Waals surface area contributed by atoms with Crippen LogP contribution < -0.4 is 4.74 Å². The van der Waals surface area contributed by atoms with Gasteiger partial charge in [-0.25, -0.2) is 4.98 Å². The van der Waals surface area contributed by atoms with Gasteiger partial charge in [0.25, 0.3) is 5.91 Å². The van der Waals surface area contributed by atoms with Crippen LogP contribution in [0.15, 0.2) is 18.3 Å². The van der Waals surface area contributed by atoms with Crippen molar-refractivity contribution in [1.82, 2.24) is 9.88 Å². The van der Waals surface area contributed by atoms with Gasteiger partial charge in [-0.3, -0.25) is 4.79 Å². The smallest absolute Gasteiger partial charge is 0.263 e. The number of likely N-dealkylation sites (N-methyl/N-ethyl adjacent to an activating group) is 1. The molecule has 92 valence electrons. The molecule has 1 aromatic heterocycles. The fourth-order valence-corrected chi connectivity index (χ4v) is 1.85. The minimum atomic E-state index is -0.364. The second kappa shape index (κ2) is 4.73. The summed E-state index contributed by atoms with van der Waals surface area (Å²) in [5, 5.41) is 0. The van der Waals surface area contributed by atoms with E-state index in [1.807, 2.05) is 18.3 Å². The maximum Gasteiger partial charge on any atom is 0.263 e. The van der Waals surface area contributed by atoms with Gasteiger partial charge >= 0.3 is 0 Å². The number of carbonyl (C=O) groups excluding carboxylic acids is 1. The van der Waals surface area contributed by atoms with Crippen molar-refractivity contribution in [2.45, 2.75) is 32.3 Å². The molecule has 1 aliphatic heterocycles. The number of amides is 1. The van der Waals surface area contributed by atoms with Crippen LogP contribution in [0.2, 0.25) is 0 Å². The Kier molecular flexibility index (Phi) is 3.31. The number of nitrogens with zero attached hydrogens (tertiary/aromatic N) is 2. The fourth-order valence-electron chi connectivity index (χ4n) is 1.85. The van der Waals surface area contributed by atoms with E-state index in [2.05, 4.69) is 18.8 Å². The van der Waals surface area contributed by atoms with Crippen LogP contribution in [0.25, 0.3) is 0 Å². The lowest BCUT2D eigenvalue weighted by molar-refractivity contribution is -0.132. The quantitative estimate of drug-likeness (QED) is 0.801. The molecule has 0 bridgehead atoms. The maximum atomic E-state index is 11.7. The first kappa shape index (κ1) is 11.9. The summed E-state index contributed by atoms with van der Waals surface area (Å²) in [5.74, 6) is 1.03. The predicted molar refractivity (Wildman–Crippen MR) is 65.0 cm³/mol. The Labute approximate surface area is 102 Å². The largest absolute Gasteiger partial charge is 0.464 e. The molecule has 1 fully saturated rings. The first-order valence-electron chi connectivity index (χ1n) is 5.95. The Morgan fingerprint density at radius 2 is 2.24 bits per heavy atom. The first-order valence-corrected chi connectivity index (χ1v) is 5.95.